The van der Waals surface area contributed by atoms with E-state index in [1.165, 1.54) is 30.5 Å². The van der Waals surface area contributed by atoms with E-state index < -0.39 is 24.1 Å². The average molecular weight is 394 g/mol. The van der Waals surface area contributed by atoms with Gasteiger partial charge in [0.15, 0.2) is 0 Å². The van der Waals surface area contributed by atoms with Crippen LogP contribution in [0.4, 0.5) is 10.1 Å². The van der Waals surface area contributed by atoms with E-state index >= 15 is 0 Å². The number of benzene rings is 2. The van der Waals surface area contributed by atoms with Gasteiger partial charge in [0.05, 0.1) is 11.9 Å². The lowest BCUT2D eigenvalue weighted by atomic mass is 10.2. The Balaban J connectivity index is 1.87. The number of hydrogen-bond acceptors (Lipinski definition) is 4. The summed E-state index contributed by atoms with van der Waals surface area (Å²) < 4.78 is 14.1. The molecule has 0 aliphatic carbocycles. The van der Waals surface area contributed by atoms with E-state index in [1.807, 2.05) is 0 Å². The molecule has 124 valence electrons. The summed E-state index contributed by atoms with van der Waals surface area (Å²) in [6.45, 7) is 0. The van der Waals surface area contributed by atoms with Crippen molar-refractivity contribution in [1.29, 1.82) is 0 Å². The van der Waals surface area contributed by atoms with Crippen molar-refractivity contribution in [2.45, 2.75) is 6.42 Å². The molecule has 3 N–H and O–H groups in total. The SMILES string of the molecule is O=C(CC(=O)Nc1ccccc1F)N/N=C/c1cc(Br)ccc1O. The van der Waals surface area contributed by atoms with E-state index in [0.717, 1.165) is 4.47 Å². The van der Waals surface area contributed by atoms with Gasteiger partial charge in [-0.1, -0.05) is 28.1 Å². The second-order valence-corrected chi connectivity index (χ2v) is 5.62. The maximum Gasteiger partial charge on any atom is 0.249 e. The van der Waals surface area contributed by atoms with Crippen LogP contribution in [0.2, 0.25) is 0 Å². The van der Waals surface area contributed by atoms with Gasteiger partial charge in [-0.05, 0) is 30.3 Å². The van der Waals surface area contributed by atoms with E-state index in [4.69, 9.17) is 0 Å². The summed E-state index contributed by atoms with van der Waals surface area (Å²) in [6.07, 6.45) is 0.725. The minimum absolute atomic E-state index is 0.00198. The van der Waals surface area contributed by atoms with E-state index in [9.17, 15) is 19.1 Å². The average Bonchev–Trinajstić information content (AvgIpc) is 2.53. The Hall–Kier alpha value is -2.74. The molecule has 2 amide bonds. The molecule has 2 aromatic carbocycles. The van der Waals surface area contributed by atoms with Gasteiger partial charge in [0, 0.05) is 10.0 Å². The molecular weight excluding hydrogens is 381 g/mol. The first-order valence-corrected chi connectivity index (χ1v) is 7.60. The number of hydrazone groups is 1. The Labute approximate surface area is 145 Å². The van der Waals surface area contributed by atoms with Gasteiger partial charge in [-0.2, -0.15) is 5.10 Å². The van der Waals surface area contributed by atoms with Crippen molar-refractivity contribution in [1.82, 2.24) is 5.43 Å². The van der Waals surface area contributed by atoms with Crippen LogP contribution >= 0.6 is 15.9 Å². The highest BCUT2D eigenvalue weighted by Crippen LogP contribution is 2.19. The second kappa shape index (κ2) is 8.21. The normalized spacial score (nSPS) is 10.6. The molecule has 2 rings (SSSR count). The van der Waals surface area contributed by atoms with Crippen molar-refractivity contribution >= 4 is 39.6 Å². The van der Waals surface area contributed by atoms with Gasteiger partial charge >= 0.3 is 0 Å². The predicted molar refractivity (Wildman–Crippen MR) is 91.2 cm³/mol. The van der Waals surface area contributed by atoms with E-state index in [2.05, 4.69) is 31.8 Å². The van der Waals surface area contributed by atoms with Crippen LogP contribution in [0.5, 0.6) is 5.75 Å². The summed E-state index contributed by atoms with van der Waals surface area (Å²) in [6, 6.07) is 10.4. The predicted octanol–water partition coefficient (Wildman–Crippen LogP) is 2.77. The summed E-state index contributed by atoms with van der Waals surface area (Å²) in [4.78, 5) is 23.3. The molecule has 0 spiro atoms. The van der Waals surface area contributed by atoms with Crippen LogP contribution in [-0.2, 0) is 9.59 Å². The van der Waals surface area contributed by atoms with Crippen LogP contribution in [-0.4, -0.2) is 23.1 Å². The monoisotopic (exact) mass is 393 g/mol. The van der Waals surface area contributed by atoms with Gasteiger partial charge in [0.25, 0.3) is 0 Å². The first-order valence-electron chi connectivity index (χ1n) is 6.80. The maximum atomic E-state index is 13.4. The number of hydrogen-bond donors (Lipinski definition) is 3. The summed E-state index contributed by atoms with van der Waals surface area (Å²) in [5.41, 5.74) is 2.55. The van der Waals surface area contributed by atoms with E-state index in [-0.39, 0.29) is 11.4 Å². The Bertz CT molecular complexity index is 796. The zero-order valence-electron chi connectivity index (χ0n) is 12.3. The summed E-state index contributed by atoms with van der Waals surface area (Å²) in [5.74, 6) is -1.93. The van der Waals surface area contributed by atoms with Gasteiger partial charge in [-0.15, -0.1) is 0 Å². The zero-order valence-corrected chi connectivity index (χ0v) is 13.9. The van der Waals surface area contributed by atoms with Crippen molar-refractivity contribution in [2.75, 3.05) is 5.32 Å². The van der Waals surface area contributed by atoms with Crippen molar-refractivity contribution in [2.24, 2.45) is 5.10 Å². The number of halogens is 2. The molecule has 0 heterocycles. The fourth-order valence-corrected chi connectivity index (χ4v) is 2.12. The molecule has 0 saturated heterocycles. The van der Waals surface area contributed by atoms with Crippen LogP contribution in [0.3, 0.4) is 0 Å². The van der Waals surface area contributed by atoms with Crippen molar-refractivity contribution in [3.05, 3.63) is 58.3 Å². The smallest absolute Gasteiger partial charge is 0.249 e. The molecule has 0 fully saturated rings. The maximum absolute atomic E-state index is 13.4. The largest absolute Gasteiger partial charge is 0.507 e. The summed E-state index contributed by atoms with van der Waals surface area (Å²) >= 11 is 3.24. The third-order valence-electron chi connectivity index (χ3n) is 2.85. The Kier molecular flexibility index (Phi) is 6.02. The van der Waals surface area contributed by atoms with Crippen LogP contribution < -0.4 is 10.7 Å². The molecule has 0 aliphatic heterocycles. The Morgan fingerprint density at radius 3 is 2.71 bits per heavy atom. The number of anilines is 1. The van der Waals surface area contributed by atoms with Crippen molar-refractivity contribution in [3.8, 4) is 5.75 Å². The fraction of sp³-hybridized carbons (Fsp3) is 0.0625. The Morgan fingerprint density at radius 2 is 1.96 bits per heavy atom. The number of para-hydroxylation sites is 1. The lowest BCUT2D eigenvalue weighted by molar-refractivity contribution is -0.126. The van der Waals surface area contributed by atoms with Crippen LogP contribution in [0, 0.1) is 5.82 Å². The third kappa shape index (κ3) is 5.17. The van der Waals surface area contributed by atoms with Gasteiger partial charge in [0.2, 0.25) is 11.8 Å². The number of phenolic OH excluding ortho intramolecular Hbond substituents is 1. The lowest BCUT2D eigenvalue weighted by Crippen LogP contribution is -2.24. The third-order valence-corrected chi connectivity index (χ3v) is 3.34. The lowest BCUT2D eigenvalue weighted by Gasteiger charge is -2.05. The topological polar surface area (TPSA) is 90.8 Å². The Morgan fingerprint density at radius 1 is 1.21 bits per heavy atom. The molecule has 0 unspecified atom stereocenters. The standard InChI is InChI=1S/C16H13BrFN3O3/c17-11-5-6-14(22)10(7-11)9-19-21-16(24)8-15(23)20-13-4-2-1-3-12(13)18/h1-7,9,22H,8H2,(H,20,23)(H,21,24)/b19-9+. The first kappa shape index (κ1) is 17.6. The van der Waals surface area contributed by atoms with Gasteiger partial charge in [-0.25, -0.2) is 9.82 Å². The molecule has 0 bridgehead atoms. The van der Waals surface area contributed by atoms with Gasteiger partial charge in [-0.3, -0.25) is 9.59 Å². The highest BCUT2D eigenvalue weighted by molar-refractivity contribution is 9.10. The van der Waals surface area contributed by atoms with Crippen molar-refractivity contribution in [3.63, 3.8) is 0 Å². The fourth-order valence-electron chi connectivity index (χ4n) is 1.74. The number of rotatable bonds is 5. The number of aromatic hydroxyl groups is 1. The second-order valence-electron chi connectivity index (χ2n) is 4.70. The van der Waals surface area contributed by atoms with E-state index in [0.29, 0.717) is 5.56 Å². The molecule has 0 radical (unpaired) electrons. The number of nitrogens with one attached hydrogen (secondary N) is 2. The summed E-state index contributed by atoms with van der Waals surface area (Å²) in [7, 11) is 0. The highest BCUT2D eigenvalue weighted by atomic mass is 79.9. The molecule has 2 aromatic rings. The molecule has 0 aliphatic rings. The highest BCUT2D eigenvalue weighted by Gasteiger charge is 2.11. The van der Waals surface area contributed by atoms with E-state index in [1.54, 1.807) is 18.2 Å². The molecule has 8 heteroatoms. The molecule has 0 atom stereocenters. The van der Waals surface area contributed by atoms with Gasteiger partial charge in [0.1, 0.15) is 18.0 Å². The summed E-state index contributed by atoms with van der Waals surface area (Å²) in [5, 5.41) is 15.6. The number of carbonyl (C=O) groups is 2. The number of carbonyl (C=O) groups excluding carboxylic acids is 2. The molecule has 24 heavy (non-hydrogen) atoms. The molecule has 0 aromatic heterocycles. The first-order chi connectivity index (χ1) is 11.5. The minimum Gasteiger partial charge on any atom is -0.507 e. The zero-order chi connectivity index (χ0) is 17.5. The van der Waals surface area contributed by atoms with Crippen LogP contribution in [0.25, 0.3) is 0 Å². The van der Waals surface area contributed by atoms with Gasteiger partial charge < -0.3 is 10.4 Å². The van der Waals surface area contributed by atoms with Crippen LogP contribution in [0.15, 0.2) is 52.0 Å². The number of amides is 2. The minimum atomic E-state index is -0.672. The molecule has 6 nitrogen and oxygen atoms in total. The number of nitrogens with zero attached hydrogens (tertiary/aromatic N) is 1. The molecular formula is C16H13BrFN3O3. The van der Waals surface area contributed by atoms with Crippen LogP contribution in [0.1, 0.15) is 12.0 Å². The number of phenols is 1. The molecule has 0 saturated carbocycles. The quantitative estimate of drug-likeness (QED) is 0.414. The van der Waals surface area contributed by atoms with Crippen molar-refractivity contribution < 1.29 is 19.1 Å².